The number of fused-ring (bicyclic) bond motifs is 1. The van der Waals surface area contributed by atoms with Crippen LogP contribution in [0, 0.1) is 11.4 Å². The summed E-state index contributed by atoms with van der Waals surface area (Å²) in [6.45, 7) is 0. The molecule has 2 fully saturated rings. The average molecular weight is 402 g/mol. The van der Waals surface area contributed by atoms with Gasteiger partial charge >= 0.3 is 0 Å². The number of thiazole rings is 1. The quantitative estimate of drug-likeness (QED) is 0.632. The van der Waals surface area contributed by atoms with Gasteiger partial charge in [0, 0.05) is 34.8 Å². The Morgan fingerprint density at radius 2 is 2.04 bits per heavy atom. The zero-order chi connectivity index (χ0) is 18.6. The summed E-state index contributed by atoms with van der Waals surface area (Å²) in [5.41, 5.74) is 1.64. The molecule has 2 heterocycles. The molecular weight excluding hydrogens is 385 g/mol. The van der Waals surface area contributed by atoms with Crippen molar-refractivity contribution in [3.05, 3.63) is 58.1 Å². The number of halogens is 2. The molecule has 1 N–H and O–H groups in total. The predicted octanol–water partition coefficient (Wildman–Crippen LogP) is 4.94. The van der Waals surface area contributed by atoms with Crippen molar-refractivity contribution >= 4 is 39.1 Å². The SMILES string of the molecule is O=C(NC1CC2(C1)CC(c1nc3cc(Cl)ccc3s1)C2)c1ccnc(F)c1. The van der Waals surface area contributed by atoms with Crippen LogP contribution in [0.1, 0.15) is 47.0 Å². The van der Waals surface area contributed by atoms with Gasteiger partial charge in [0.15, 0.2) is 0 Å². The van der Waals surface area contributed by atoms with E-state index in [2.05, 4.69) is 10.3 Å². The van der Waals surface area contributed by atoms with Crippen LogP contribution in [0.4, 0.5) is 4.39 Å². The zero-order valence-electron chi connectivity index (χ0n) is 14.4. The van der Waals surface area contributed by atoms with Crippen LogP contribution in [0.15, 0.2) is 36.5 Å². The molecular formula is C20H17ClFN3OS. The van der Waals surface area contributed by atoms with Crippen molar-refractivity contribution in [2.24, 2.45) is 5.41 Å². The van der Waals surface area contributed by atoms with Gasteiger partial charge in [-0.05, 0) is 55.4 Å². The van der Waals surface area contributed by atoms with Crippen molar-refractivity contribution in [3.63, 3.8) is 0 Å². The Bertz CT molecular complexity index is 1040. The van der Waals surface area contributed by atoms with Crippen molar-refractivity contribution in [2.75, 3.05) is 0 Å². The molecule has 0 unspecified atom stereocenters. The molecule has 2 saturated carbocycles. The number of hydrogen-bond acceptors (Lipinski definition) is 4. The molecule has 1 aromatic carbocycles. The number of carbonyl (C=O) groups is 1. The lowest BCUT2D eigenvalue weighted by Crippen LogP contribution is -2.55. The first-order valence-corrected chi connectivity index (χ1v) is 10.2. The van der Waals surface area contributed by atoms with E-state index in [0.29, 0.717) is 16.9 Å². The lowest BCUT2D eigenvalue weighted by Gasteiger charge is -2.57. The number of aromatic nitrogens is 2. The van der Waals surface area contributed by atoms with Crippen LogP contribution in [0.2, 0.25) is 5.02 Å². The third kappa shape index (κ3) is 3.11. The molecule has 4 nitrogen and oxygen atoms in total. The molecule has 2 aliphatic carbocycles. The molecule has 138 valence electrons. The first kappa shape index (κ1) is 17.1. The highest BCUT2D eigenvalue weighted by molar-refractivity contribution is 7.18. The predicted molar refractivity (Wildman–Crippen MR) is 104 cm³/mol. The van der Waals surface area contributed by atoms with E-state index in [0.717, 1.165) is 36.2 Å². The number of nitrogens with zero attached hydrogens (tertiary/aromatic N) is 2. The largest absolute Gasteiger partial charge is 0.349 e. The second-order valence-corrected chi connectivity index (χ2v) is 9.21. The fraction of sp³-hybridized carbons (Fsp3) is 0.350. The molecule has 7 heteroatoms. The second kappa shape index (κ2) is 6.24. The van der Waals surface area contributed by atoms with Gasteiger partial charge in [0.05, 0.1) is 15.2 Å². The molecule has 2 aromatic heterocycles. The number of pyridine rings is 1. The molecule has 0 radical (unpaired) electrons. The van der Waals surface area contributed by atoms with Gasteiger partial charge < -0.3 is 5.32 Å². The van der Waals surface area contributed by atoms with E-state index in [4.69, 9.17) is 16.6 Å². The van der Waals surface area contributed by atoms with E-state index in [-0.39, 0.29) is 11.9 Å². The Hall–Kier alpha value is -2.05. The first-order valence-electron chi connectivity index (χ1n) is 8.98. The van der Waals surface area contributed by atoms with Crippen LogP contribution in [0.5, 0.6) is 0 Å². The third-order valence-corrected chi connectivity index (χ3v) is 7.19. The summed E-state index contributed by atoms with van der Waals surface area (Å²) in [6.07, 6.45) is 5.53. The van der Waals surface area contributed by atoms with E-state index in [9.17, 15) is 9.18 Å². The molecule has 2 aliphatic rings. The normalized spacial score (nSPS) is 26.6. The Balaban J connectivity index is 1.18. The molecule has 0 atom stereocenters. The van der Waals surface area contributed by atoms with E-state index < -0.39 is 5.95 Å². The highest BCUT2D eigenvalue weighted by Crippen LogP contribution is 2.62. The summed E-state index contributed by atoms with van der Waals surface area (Å²) in [5.74, 6) is -0.353. The molecule has 1 spiro atoms. The smallest absolute Gasteiger partial charge is 0.251 e. The topological polar surface area (TPSA) is 54.9 Å². The number of amides is 1. The Kier molecular flexibility index (Phi) is 3.95. The molecule has 1 amide bonds. The maximum atomic E-state index is 13.1. The van der Waals surface area contributed by atoms with Crippen LogP contribution in [0.25, 0.3) is 10.2 Å². The molecule has 3 aromatic rings. The minimum absolute atomic E-state index is 0.170. The van der Waals surface area contributed by atoms with E-state index >= 15 is 0 Å². The lowest BCUT2D eigenvalue weighted by atomic mass is 9.50. The van der Waals surface area contributed by atoms with Crippen LogP contribution in [-0.2, 0) is 0 Å². The number of nitrogens with one attached hydrogen (secondary N) is 1. The third-order valence-electron chi connectivity index (χ3n) is 5.76. The van der Waals surface area contributed by atoms with E-state index in [1.54, 1.807) is 11.3 Å². The van der Waals surface area contributed by atoms with Gasteiger partial charge in [-0.25, -0.2) is 9.97 Å². The molecule has 0 bridgehead atoms. The van der Waals surface area contributed by atoms with Gasteiger partial charge in [0.25, 0.3) is 5.91 Å². The van der Waals surface area contributed by atoms with E-state index in [1.165, 1.54) is 28.0 Å². The van der Waals surface area contributed by atoms with Crippen LogP contribution < -0.4 is 5.32 Å². The monoisotopic (exact) mass is 401 g/mol. The molecule has 0 aliphatic heterocycles. The minimum atomic E-state index is -0.633. The van der Waals surface area contributed by atoms with Crippen LogP contribution in [-0.4, -0.2) is 21.9 Å². The number of benzene rings is 1. The summed E-state index contributed by atoms with van der Waals surface area (Å²) in [7, 11) is 0. The average Bonchev–Trinajstić information content (AvgIpc) is 2.98. The van der Waals surface area contributed by atoms with Crippen molar-refractivity contribution in [1.29, 1.82) is 0 Å². The Labute approximate surface area is 164 Å². The van der Waals surface area contributed by atoms with Crippen LogP contribution in [0.3, 0.4) is 0 Å². The van der Waals surface area contributed by atoms with E-state index in [1.807, 2.05) is 18.2 Å². The zero-order valence-corrected chi connectivity index (χ0v) is 16.0. The highest BCUT2D eigenvalue weighted by atomic mass is 35.5. The fourth-order valence-electron chi connectivity index (χ4n) is 4.49. The Morgan fingerprint density at radius 3 is 2.81 bits per heavy atom. The molecule has 0 saturated heterocycles. The summed E-state index contributed by atoms with van der Waals surface area (Å²) >= 11 is 7.80. The summed E-state index contributed by atoms with van der Waals surface area (Å²) in [6, 6.07) is 8.73. The van der Waals surface area contributed by atoms with Gasteiger partial charge in [0.1, 0.15) is 0 Å². The van der Waals surface area contributed by atoms with Gasteiger partial charge in [-0.15, -0.1) is 11.3 Å². The summed E-state index contributed by atoms with van der Waals surface area (Å²) in [5, 5.41) is 4.92. The molecule has 5 rings (SSSR count). The summed E-state index contributed by atoms with van der Waals surface area (Å²) in [4.78, 5) is 20.4. The van der Waals surface area contributed by atoms with Gasteiger partial charge in [-0.3, -0.25) is 4.79 Å². The number of carbonyl (C=O) groups excluding carboxylic acids is 1. The van der Waals surface area contributed by atoms with Crippen molar-refractivity contribution in [1.82, 2.24) is 15.3 Å². The van der Waals surface area contributed by atoms with Crippen molar-refractivity contribution < 1.29 is 9.18 Å². The van der Waals surface area contributed by atoms with Crippen molar-refractivity contribution in [3.8, 4) is 0 Å². The second-order valence-electron chi connectivity index (χ2n) is 7.72. The summed E-state index contributed by atoms with van der Waals surface area (Å²) < 4.78 is 14.3. The molecule has 27 heavy (non-hydrogen) atoms. The van der Waals surface area contributed by atoms with Gasteiger partial charge in [-0.1, -0.05) is 11.6 Å². The van der Waals surface area contributed by atoms with Crippen molar-refractivity contribution in [2.45, 2.75) is 37.6 Å². The standard InChI is InChI=1S/C20H17ClFN3OS/c21-13-1-2-16-15(6-13)25-19(27-16)12-7-20(8-12)9-14(10-20)24-18(26)11-3-4-23-17(22)5-11/h1-6,12,14H,7-10H2,(H,24,26). The lowest BCUT2D eigenvalue weighted by molar-refractivity contribution is -0.0187. The minimum Gasteiger partial charge on any atom is -0.349 e. The Morgan fingerprint density at radius 1 is 1.22 bits per heavy atom. The highest BCUT2D eigenvalue weighted by Gasteiger charge is 2.54. The van der Waals surface area contributed by atoms with Gasteiger partial charge in [0.2, 0.25) is 5.95 Å². The van der Waals surface area contributed by atoms with Gasteiger partial charge in [-0.2, -0.15) is 4.39 Å². The maximum absolute atomic E-state index is 13.1. The number of hydrogen-bond donors (Lipinski definition) is 1. The number of rotatable bonds is 3. The maximum Gasteiger partial charge on any atom is 0.251 e. The fourth-order valence-corrected chi connectivity index (χ4v) is 5.70. The first-order chi connectivity index (χ1) is 13.0. The van der Waals surface area contributed by atoms with Crippen LogP contribution >= 0.6 is 22.9 Å².